The molecule has 1 aromatic carbocycles. The third-order valence-corrected chi connectivity index (χ3v) is 6.97. The molecule has 0 saturated heterocycles. The number of carbonyl (C=O) groups is 1. The highest BCUT2D eigenvalue weighted by atomic mass is 32.2. The average molecular weight is 465 g/mol. The number of carbonyl (C=O) groups excluding carboxylic acids is 1. The molecule has 0 N–H and O–H groups in total. The van der Waals surface area contributed by atoms with Gasteiger partial charge in [0.15, 0.2) is 11.0 Å². The number of rotatable bonds is 5. The van der Waals surface area contributed by atoms with E-state index in [0.29, 0.717) is 17.1 Å². The van der Waals surface area contributed by atoms with Crippen LogP contribution in [0.2, 0.25) is 0 Å². The minimum atomic E-state index is -0.504. The highest BCUT2D eigenvalue weighted by Gasteiger charge is 2.28. The van der Waals surface area contributed by atoms with E-state index in [9.17, 15) is 9.59 Å². The van der Waals surface area contributed by atoms with Crippen LogP contribution in [0.15, 0.2) is 56.8 Å². The molecule has 0 fully saturated rings. The lowest BCUT2D eigenvalue weighted by atomic mass is 10.1. The van der Waals surface area contributed by atoms with Gasteiger partial charge in [0.25, 0.3) is 5.56 Å². The maximum absolute atomic E-state index is 13.3. The van der Waals surface area contributed by atoms with E-state index >= 15 is 0 Å². The van der Waals surface area contributed by atoms with Crippen LogP contribution in [0.5, 0.6) is 0 Å². The van der Waals surface area contributed by atoms with Gasteiger partial charge in [-0.3, -0.25) is 4.79 Å². The first-order chi connectivity index (χ1) is 16.1. The molecule has 1 atom stereocenters. The van der Waals surface area contributed by atoms with Gasteiger partial charge in [0.05, 0.1) is 18.0 Å². The number of methoxy groups -OCH3 is 1. The molecule has 3 aliphatic rings. The summed E-state index contributed by atoms with van der Waals surface area (Å²) in [6.07, 6.45) is 3.96. The monoisotopic (exact) mass is 464 g/mol. The minimum Gasteiger partial charge on any atom is -0.463 e. The first-order valence-electron chi connectivity index (χ1n) is 11.0. The van der Waals surface area contributed by atoms with Gasteiger partial charge < -0.3 is 13.7 Å². The van der Waals surface area contributed by atoms with E-state index in [4.69, 9.17) is 14.1 Å². The topological polar surface area (TPSA) is 92.1 Å². The third-order valence-electron chi connectivity index (χ3n) is 5.86. The van der Waals surface area contributed by atoms with Gasteiger partial charge in [0.1, 0.15) is 11.3 Å². The summed E-state index contributed by atoms with van der Waals surface area (Å²) in [5, 5.41) is 5.27. The van der Waals surface area contributed by atoms with Crippen molar-refractivity contribution >= 4 is 17.7 Å². The van der Waals surface area contributed by atoms with Crippen molar-refractivity contribution in [2.75, 3.05) is 7.11 Å². The van der Waals surface area contributed by atoms with E-state index in [1.165, 1.54) is 23.6 Å². The number of para-hydroxylation sites is 1. The Kier molecular flexibility index (Phi) is 5.80. The molecule has 2 aromatic rings. The van der Waals surface area contributed by atoms with Gasteiger partial charge in [-0.15, -0.1) is 5.10 Å². The van der Waals surface area contributed by atoms with Crippen LogP contribution >= 0.6 is 11.8 Å². The number of nitrogens with zero attached hydrogens (tertiary/aromatic N) is 4. The lowest BCUT2D eigenvalue weighted by Gasteiger charge is -2.19. The molecule has 3 aliphatic heterocycles. The quantitative estimate of drug-likeness (QED) is 0.244. The lowest BCUT2D eigenvalue weighted by Crippen LogP contribution is -2.19. The average Bonchev–Trinajstić information content (AvgIpc) is 3.37. The molecule has 1 unspecified atom stereocenters. The van der Waals surface area contributed by atoms with E-state index < -0.39 is 5.97 Å². The van der Waals surface area contributed by atoms with E-state index in [1.54, 1.807) is 12.1 Å². The summed E-state index contributed by atoms with van der Waals surface area (Å²) in [6.45, 7) is 2.80. The van der Waals surface area contributed by atoms with Crippen molar-refractivity contribution in [2.45, 2.75) is 49.6 Å². The van der Waals surface area contributed by atoms with E-state index in [-0.39, 0.29) is 16.6 Å². The molecule has 9 heteroatoms. The van der Waals surface area contributed by atoms with Crippen molar-refractivity contribution in [3.05, 3.63) is 70.0 Å². The van der Waals surface area contributed by atoms with Gasteiger partial charge in [-0.1, -0.05) is 36.4 Å². The largest absolute Gasteiger partial charge is 0.463 e. The van der Waals surface area contributed by atoms with Crippen LogP contribution in [0.1, 0.15) is 53.4 Å². The van der Waals surface area contributed by atoms with Crippen LogP contribution in [0.3, 0.4) is 0 Å². The first kappa shape index (κ1) is 21.5. The summed E-state index contributed by atoms with van der Waals surface area (Å²) in [5.41, 5.74) is 2.19. The van der Waals surface area contributed by atoms with Gasteiger partial charge in [-0.05, 0) is 50.5 Å². The van der Waals surface area contributed by atoms with Gasteiger partial charge in [-0.25, -0.2) is 9.78 Å². The molecule has 0 spiro atoms. The maximum atomic E-state index is 13.3. The Labute approximate surface area is 194 Å². The molecule has 33 heavy (non-hydrogen) atoms. The van der Waals surface area contributed by atoms with Crippen molar-refractivity contribution in [1.82, 2.24) is 19.3 Å². The molecule has 0 amide bonds. The van der Waals surface area contributed by atoms with Crippen LogP contribution in [0.4, 0.5) is 0 Å². The Bertz CT molecular complexity index is 1320. The molecule has 0 bridgehead atoms. The van der Waals surface area contributed by atoms with Gasteiger partial charge in [0, 0.05) is 12.2 Å². The molecule has 0 aliphatic carbocycles. The van der Waals surface area contributed by atoms with Crippen LogP contribution < -0.4 is 5.56 Å². The van der Waals surface area contributed by atoms with E-state index in [2.05, 4.69) is 9.67 Å². The Morgan fingerprint density at radius 1 is 1.15 bits per heavy atom. The Hall–Kier alpha value is -3.33. The summed E-state index contributed by atoms with van der Waals surface area (Å²) in [4.78, 5) is 29.9. The number of aromatic nitrogens is 4. The molecule has 8 nitrogen and oxygen atoms in total. The number of furan rings is 1. The second-order valence-electron chi connectivity index (χ2n) is 8.01. The van der Waals surface area contributed by atoms with E-state index in [0.717, 1.165) is 48.8 Å². The number of esters is 1. The Morgan fingerprint density at radius 2 is 1.97 bits per heavy atom. The normalized spacial score (nSPS) is 14.6. The SMILES string of the molecule is COC(=O)c1ccc(C(C)Sc2nc3nn(-c4ccccc4)c(=O)c-3c3n2CCCCC3)o1. The van der Waals surface area contributed by atoms with Crippen LogP contribution in [0.25, 0.3) is 17.1 Å². The number of fused-ring (bicyclic) bond motifs is 3. The van der Waals surface area contributed by atoms with Crippen molar-refractivity contribution in [1.29, 1.82) is 0 Å². The zero-order valence-corrected chi connectivity index (χ0v) is 19.3. The standard InChI is InChI=1S/C24H24N4O4S/c1-15(18-12-13-19(32-18)23(30)31-2)33-24-25-21-20(17-11-7-4-8-14-27(17)24)22(29)28(26-21)16-9-5-3-6-10-16/h3,5-6,9-10,12-13,15H,4,7-8,11,14H2,1-2H3. The molecule has 1 aromatic heterocycles. The highest BCUT2D eigenvalue weighted by Crippen LogP contribution is 2.38. The van der Waals surface area contributed by atoms with Gasteiger partial charge >= 0.3 is 5.97 Å². The summed E-state index contributed by atoms with van der Waals surface area (Å²) in [5.74, 6) is 0.786. The van der Waals surface area contributed by atoms with Crippen molar-refractivity contribution in [3.8, 4) is 17.1 Å². The Balaban J connectivity index is 1.58. The minimum absolute atomic E-state index is 0.101. The zero-order chi connectivity index (χ0) is 22.9. The van der Waals surface area contributed by atoms with Gasteiger partial charge in [0.2, 0.25) is 5.76 Å². The van der Waals surface area contributed by atoms with Crippen LogP contribution in [-0.2, 0) is 17.7 Å². The number of thioether (sulfide) groups is 1. The van der Waals surface area contributed by atoms with Crippen molar-refractivity contribution in [2.24, 2.45) is 0 Å². The summed E-state index contributed by atoms with van der Waals surface area (Å²) in [6, 6.07) is 12.8. The second kappa shape index (κ2) is 8.90. The molecular weight excluding hydrogens is 440 g/mol. The molecule has 170 valence electrons. The summed E-state index contributed by atoms with van der Waals surface area (Å²) >= 11 is 1.53. The van der Waals surface area contributed by atoms with Crippen LogP contribution in [0, 0.1) is 0 Å². The Morgan fingerprint density at radius 3 is 2.76 bits per heavy atom. The lowest BCUT2D eigenvalue weighted by molar-refractivity contribution is 0.0563. The fourth-order valence-corrected chi connectivity index (χ4v) is 5.21. The first-order valence-corrected chi connectivity index (χ1v) is 11.9. The van der Waals surface area contributed by atoms with E-state index in [1.807, 2.05) is 37.3 Å². The molecule has 5 rings (SSSR count). The molecule has 4 heterocycles. The predicted octanol–water partition coefficient (Wildman–Crippen LogP) is 4.49. The second-order valence-corrected chi connectivity index (χ2v) is 9.32. The fourth-order valence-electron chi connectivity index (χ4n) is 4.19. The zero-order valence-electron chi connectivity index (χ0n) is 18.5. The number of benzene rings is 1. The molecule has 0 radical (unpaired) electrons. The van der Waals surface area contributed by atoms with Crippen molar-refractivity contribution < 1.29 is 13.9 Å². The van der Waals surface area contributed by atoms with Gasteiger partial charge in [-0.2, -0.15) is 4.68 Å². The number of hydrogen-bond acceptors (Lipinski definition) is 7. The number of hydrogen-bond donors (Lipinski definition) is 0. The predicted molar refractivity (Wildman–Crippen MR) is 124 cm³/mol. The smallest absolute Gasteiger partial charge is 0.373 e. The fraction of sp³-hybridized carbons (Fsp3) is 0.333. The molecular formula is C24H24N4O4S. The summed E-state index contributed by atoms with van der Waals surface area (Å²) < 4.78 is 14.1. The van der Waals surface area contributed by atoms with Crippen LogP contribution in [-0.4, -0.2) is 32.4 Å². The molecule has 0 saturated carbocycles. The van der Waals surface area contributed by atoms with Crippen molar-refractivity contribution in [3.63, 3.8) is 0 Å². The highest BCUT2D eigenvalue weighted by molar-refractivity contribution is 7.99. The number of ether oxygens (including phenoxy) is 1. The maximum Gasteiger partial charge on any atom is 0.373 e. The third kappa shape index (κ3) is 3.97. The summed E-state index contributed by atoms with van der Waals surface area (Å²) in [7, 11) is 1.33.